The molecule has 1 rings (SSSR count). The molecule has 108 valence electrons. The Labute approximate surface area is 115 Å². The van der Waals surface area contributed by atoms with E-state index in [2.05, 4.69) is 0 Å². The predicted molar refractivity (Wildman–Crippen MR) is 74.4 cm³/mol. The van der Waals surface area contributed by atoms with Crippen molar-refractivity contribution in [1.82, 2.24) is 0 Å². The van der Waals surface area contributed by atoms with Gasteiger partial charge in [-0.15, -0.1) is 0 Å². The Morgan fingerprint density at radius 3 is 2.37 bits per heavy atom. The molecule has 4 heteroatoms. The Morgan fingerprint density at radius 1 is 1.11 bits per heavy atom. The zero-order valence-electron chi connectivity index (χ0n) is 12.1. The van der Waals surface area contributed by atoms with Crippen molar-refractivity contribution in [3.63, 3.8) is 0 Å². The average Bonchev–Trinajstić information content (AvgIpc) is 2.33. The Kier molecular flexibility index (Phi) is 6.28. The first-order valence-electron chi connectivity index (χ1n) is 6.61. The molecule has 1 aromatic carbocycles. The van der Waals surface area contributed by atoms with Crippen LogP contribution in [0.1, 0.15) is 38.0 Å². The highest BCUT2D eigenvalue weighted by Gasteiger charge is 2.12. The summed E-state index contributed by atoms with van der Waals surface area (Å²) in [6.07, 6.45) is -1.19. The molecule has 0 saturated heterocycles. The molecule has 0 aliphatic carbocycles. The van der Waals surface area contributed by atoms with Gasteiger partial charge in [-0.05, 0) is 39.3 Å². The van der Waals surface area contributed by atoms with E-state index in [9.17, 15) is 10.2 Å². The molecule has 0 amide bonds. The van der Waals surface area contributed by atoms with Crippen molar-refractivity contribution in [3.8, 4) is 5.75 Å². The van der Waals surface area contributed by atoms with Gasteiger partial charge in [0.25, 0.3) is 0 Å². The van der Waals surface area contributed by atoms with E-state index in [1.165, 1.54) is 0 Å². The fraction of sp³-hybridized carbons (Fsp3) is 0.600. The summed E-state index contributed by atoms with van der Waals surface area (Å²) in [5.74, 6) is 0.610. The van der Waals surface area contributed by atoms with Crippen LogP contribution in [0.4, 0.5) is 0 Å². The van der Waals surface area contributed by atoms with Crippen molar-refractivity contribution in [2.24, 2.45) is 0 Å². The van der Waals surface area contributed by atoms with E-state index in [4.69, 9.17) is 9.47 Å². The smallest absolute Gasteiger partial charge is 0.125 e. The number of hydrogen-bond acceptors (Lipinski definition) is 4. The zero-order chi connectivity index (χ0) is 14.4. The first-order valence-corrected chi connectivity index (χ1v) is 6.61. The van der Waals surface area contributed by atoms with Gasteiger partial charge >= 0.3 is 0 Å². The van der Waals surface area contributed by atoms with Gasteiger partial charge < -0.3 is 19.7 Å². The number of benzene rings is 1. The topological polar surface area (TPSA) is 58.9 Å². The maximum absolute atomic E-state index is 9.75. The van der Waals surface area contributed by atoms with Crippen molar-refractivity contribution in [2.45, 2.75) is 46.0 Å². The molecule has 0 aliphatic rings. The predicted octanol–water partition coefficient (Wildman–Crippen LogP) is 2.21. The number of ether oxygens (including phenoxy) is 2. The van der Waals surface area contributed by atoms with Crippen LogP contribution < -0.4 is 4.74 Å². The second-order valence-corrected chi connectivity index (χ2v) is 5.06. The Hall–Kier alpha value is -1.10. The molecule has 1 aromatic rings. The highest BCUT2D eigenvalue weighted by atomic mass is 16.5. The number of aryl methyl sites for hydroxylation is 1. The van der Waals surface area contributed by atoms with Gasteiger partial charge in [0.1, 0.15) is 18.5 Å². The molecule has 0 heterocycles. The summed E-state index contributed by atoms with van der Waals surface area (Å²) in [6, 6.07) is 5.62. The van der Waals surface area contributed by atoms with Crippen molar-refractivity contribution in [1.29, 1.82) is 0 Å². The molecule has 0 bridgehead atoms. The zero-order valence-corrected chi connectivity index (χ0v) is 12.1. The molecular weight excluding hydrogens is 244 g/mol. The fourth-order valence-electron chi connectivity index (χ4n) is 1.65. The minimum Gasteiger partial charge on any atom is -0.490 e. The maximum atomic E-state index is 9.75. The summed E-state index contributed by atoms with van der Waals surface area (Å²) in [5, 5.41) is 19.4. The van der Waals surface area contributed by atoms with Gasteiger partial charge in [0, 0.05) is 5.56 Å². The molecule has 0 aliphatic heterocycles. The monoisotopic (exact) mass is 268 g/mol. The van der Waals surface area contributed by atoms with E-state index in [1.807, 2.05) is 39.0 Å². The van der Waals surface area contributed by atoms with Crippen LogP contribution in [-0.2, 0) is 4.74 Å². The van der Waals surface area contributed by atoms with Crippen LogP contribution in [0.15, 0.2) is 18.2 Å². The molecule has 0 saturated carbocycles. The normalized spacial score (nSPS) is 14.5. The van der Waals surface area contributed by atoms with Gasteiger partial charge in [0.15, 0.2) is 0 Å². The number of aliphatic hydroxyl groups is 2. The standard InChI is InChI=1S/C15H24O4/c1-10(2)18-8-13(17)9-19-15-7-11(3)5-6-14(15)12(4)16/h5-7,10,12-13,16-17H,8-9H2,1-4H3. The lowest BCUT2D eigenvalue weighted by molar-refractivity contribution is -0.0126. The molecular formula is C15H24O4. The third kappa shape index (κ3) is 5.59. The average molecular weight is 268 g/mol. The quantitative estimate of drug-likeness (QED) is 0.796. The molecule has 0 aromatic heterocycles. The summed E-state index contributed by atoms with van der Waals surface area (Å²) < 4.78 is 10.9. The van der Waals surface area contributed by atoms with E-state index >= 15 is 0 Å². The van der Waals surface area contributed by atoms with Crippen LogP contribution in [0.25, 0.3) is 0 Å². The van der Waals surface area contributed by atoms with Crippen LogP contribution in [0.2, 0.25) is 0 Å². The number of rotatable bonds is 7. The number of aliphatic hydroxyl groups excluding tert-OH is 2. The Morgan fingerprint density at radius 2 is 1.79 bits per heavy atom. The lowest BCUT2D eigenvalue weighted by Gasteiger charge is -2.17. The first kappa shape index (κ1) is 16.0. The fourth-order valence-corrected chi connectivity index (χ4v) is 1.65. The molecule has 0 fully saturated rings. The molecule has 0 radical (unpaired) electrons. The first-order chi connectivity index (χ1) is 8.90. The molecule has 19 heavy (non-hydrogen) atoms. The molecule has 2 N–H and O–H groups in total. The highest BCUT2D eigenvalue weighted by molar-refractivity contribution is 5.38. The van der Waals surface area contributed by atoms with Gasteiger partial charge in [-0.25, -0.2) is 0 Å². The van der Waals surface area contributed by atoms with E-state index in [-0.39, 0.29) is 19.3 Å². The number of hydrogen-bond donors (Lipinski definition) is 2. The molecule has 2 unspecified atom stereocenters. The van der Waals surface area contributed by atoms with E-state index in [0.717, 1.165) is 11.1 Å². The second kappa shape index (κ2) is 7.48. The second-order valence-electron chi connectivity index (χ2n) is 5.06. The van der Waals surface area contributed by atoms with Crippen molar-refractivity contribution >= 4 is 0 Å². The lowest BCUT2D eigenvalue weighted by Crippen LogP contribution is -2.25. The van der Waals surface area contributed by atoms with Gasteiger partial charge in [-0.3, -0.25) is 0 Å². The van der Waals surface area contributed by atoms with Gasteiger partial charge in [-0.2, -0.15) is 0 Å². The van der Waals surface area contributed by atoms with Crippen molar-refractivity contribution in [3.05, 3.63) is 29.3 Å². The van der Waals surface area contributed by atoms with Gasteiger partial charge in [-0.1, -0.05) is 12.1 Å². The summed E-state index contributed by atoms with van der Waals surface area (Å²) >= 11 is 0. The van der Waals surface area contributed by atoms with Crippen molar-refractivity contribution in [2.75, 3.05) is 13.2 Å². The van der Waals surface area contributed by atoms with Gasteiger partial charge in [0.05, 0.1) is 18.8 Å². The summed E-state index contributed by atoms with van der Waals surface area (Å²) in [5.41, 5.74) is 1.77. The minimum absolute atomic E-state index is 0.0849. The van der Waals surface area contributed by atoms with E-state index < -0.39 is 12.2 Å². The third-order valence-corrected chi connectivity index (χ3v) is 2.67. The van der Waals surface area contributed by atoms with Crippen LogP contribution in [-0.4, -0.2) is 35.6 Å². The highest BCUT2D eigenvalue weighted by Crippen LogP contribution is 2.26. The van der Waals surface area contributed by atoms with Crippen LogP contribution >= 0.6 is 0 Å². The molecule has 0 spiro atoms. The Bertz CT molecular complexity index is 388. The van der Waals surface area contributed by atoms with Crippen LogP contribution in [0.3, 0.4) is 0 Å². The minimum atomic E-state index is -0.676. The van der Waals surface area contributed by atoms with E-state index in [1.54, 1.807) is 6.92 Å². The summed E-state index contributed by atoms with van der Waals surface area (Å²) in [6.45, 7) is 7.87. The SMILES string of the molecule is Cc1ccc(C(C)O)c(OCC(O)COC(C)C)c1. The Balaban J connectivity index is 2.59. The third-order valence-electron chi connectivity index (χ3n) is 2.67. The summed E-state index contributed by atoms with van der Waals surface area (Å²) in [4.78, 5) is 0. The van der Waals surface area contributed by atoms with E-state index in [0.29, 0.717) is 5.75 Å². The van der Waals surface area contributed by atoms with Gasteiger partial charge in [0.2, 0.25) is 0 Å². The van der Waals surface area contributed by atoms with Crippen molar-refractivity contribution < 1.29 is 19.7 Å². The largest absolute Gasteiger partial charge is 0.490 e. The molecule has 2 atom stereocenters. The maximum Gasteiger partial charge on any atom is 0.125 e. The lowest BCUT2D eigenvalue weighted by atomic mass is 10.1. The van der Waals surface area contributed by atoms with Crippen LogP contribution in [0.5, 0.6) is 5.75 Å². The molecule has 4 nitrogen and oxygen atoms in total. The van der Waals surface area contributed by atoms with Crippen LogP contribution in [0, 0.1) is 6.92 Å². The summed E-state index contributed by atoms with van der Waals surface area (Å²) in [7, 11) is 0.